The largest absolute Gasteiger partial charge is 0.352 e. The molecule has 0 radical (unpaired) electrons. The number of rotatable bonds is 4. The summed E-state index contributed by atoms with van der Waals surface area (Å²) in [6, 6.07) is 6.41. The lowest BCUT2D eigenvalue weighted by molar-refractivity contribution is 0.0936. The van der Waals surface area contributed by atoms with Gasteiger partial charge in [-0.05, 0) is 56.5 Å². The van der Waals surface area contributed by atoms with Gasteiger partial charge >= 0.3 is 0 Å². The molecule has 1 aliphatic rings. The number of carbonyl (C=O) groups excluding carboxylic acids is 1. The zero-order chi connectivity index (χ0) is 15.2. The summed E-state index contributed by atoms with van der Waals surface area (Å²) in [4.78, 5) is 14.2. The molecule has 0 spiro atoms. The van der Waals surface area contributed by atoms with Crippen molar-refractivity contribution in [2.24, 2.45) is 5.92 Å². The molecule has 2 rings (SSSR count). The quantitative estimate of drug-likeness (QED) is 0.864. The van der Waals surface area contributed by atoms with Gasteiger partial charge in [0.25, 0.3) is 5.91 Å². The highest BCUT2D eigenvalue weighted by Crippen LogP contribution is 2.16. The fourth-order valence-corrected chi connectivity index (χ4v) is 2.62. The number of likely N-dealkylation sites (tertiary alicyclic amines) is 1. The van der Waals surface area contributed by atoms with Crippen molar-refractivity contribution in [3.63, 3.8) is 0 Å². The molecule has 1 aromatic carbocycles. The number of hydrogen-bond acceptors (Lipinski definition) is 3. The van der Waals surface area contributed by atoms with Gasteiger partial charge < -0.3 is 5.32 Å². The predicted octanol–water partition coefficient (Wildman–Crippen LogP) is 2.10. The molecule has 112 valence electrons. The lowest BCUT2D eigenvalue weighted by atomic mass is 9.96. The van der Waals surface area contributed by atoms with E-state index in [0.717, 1.165) is 31.5 Å². The van der Waals surface area contributed by atoms with Crippen LogP contribution in [0.15, 0.2) is 18.2 Å². The summed E-state index contributed by atoms with van der Waals surface area (Å²) in [7, 11) is 0. The molecule has 0 aromatic heterocycles. The third-order valence-electron chi connectivity index (χ3n) is 4.00. The van der Waals surface area contributed by atoms with Crippen LogP contribution in [0.2, 0.25) is 0 Å². The molecule has 0 atom stereocenters. The van der Waals surface area contributed by atoms with Crippen molar-refractivity contribution in [1.29, 1.82) is 5.26 Å². The Hall–Kier alpha value is -1.93. The fourth-order valence-electron chi connectivity index (χ4n) is 2.62. The summed E-state index contributed by atoms with van der Waals surface area (Å²) in [5.41, 5.74) is 1.18. The van der Waals surface area contributed by atoms with Gasteiger partial charge in [0.05, 0.1) is 12.6 Å². The smallest absolute Gasteiger partial charge is 0.251 e. The first-order valence-electron chi connectivity index (χ1n) is 7.24. The molecule has 1 aromatic rings. The van der Waals surface area contributed by atoms with E-state index in [1.807, 2.05) is 0 Å². The van der Waals surface area contributed by atoms with Gasteiger partial charge in [0.1, 0.15) is 5.82 Å². The SMILES string of the molecule is Cc1ccc(F)cc1C(=O)NCC1CCN(CC#N)CC1. The topological polar surface area (TPSA) is 56.1 Å². The number of halogens is 1. The molecule has 0 aliphatic carbocycles. The number of benzene rings is 1. The maximum Gasteiger partial charge on any atom is 0.251 e. The van der Waals surface area contributed by atoms with Crippen molar-refractivity contribution in [2.45, 2.75) is 19.8 Å². The third kappa shape index (κ3) is 4.27. The molecule has 0 bridgehead atoms. The molecule has 21 heavy (non-hydrogen) atoms. The maximum absolute atomic E-state index is 13.2. The molecule has 5 heteroatoms. The predicted molar refractivity (Wildman–Crippen MR) is 78.2 cm³/mol. The Labute approximate surface area is 124 Å². The van der Waals surface area contributed by atoms with Gasteiger partial charge in [0.2, 0.25) is 0 Å². The van der Waals surface area contributed by atoms with E-state index in [2.05, 4.69) is 16.3 Å². The second kappa shape index (κ2) is 7.19. The van der Waals surface area contributed by atoms with Crippen molar-refractivity contribution in [2.75, 3.05) is 26.2 Å². The molecule has 1 fully saturated rings. The van der Waals surface area contributed by atoms with Crippen LogP contribution in [-0.4, -0.2) is 37.0 Å². The van der Waals surface area contributed by atoms with Gasteiger partial charge in [-0.2, -0.15) is 5.26 Å². The first-order chi connectivity index (χ1) is 10.1. The number of nitrogens with one attached hydrogen (secondary N) is 1. The summed E-state index contributed by atoms with van der Waals surface area (Å²) < 4.78 is 13.2. The number of nitrogens with zero attached hydrogens (tertiary/aromatic N) is 2. The number of nitriles is 1. The Bertz CT molecular complexity index is 545. The van der Waals surface area contributed by atoms with Crippen LogP contribution in [0.1, 0.15) is 28.8 Å². The van der Waals surface area contributed by atoms with E-state index in [1.165, 1.54) is 12.1 Å². The van der Waals surface area contributed by atoms with Crippen molar-refractivity contribution in [1.82, 2.24) is 10.2 Å². The molecule has 1 heterocycles. The van der Waals surface area contributed by atoms with Crippen LogP contribution in [0.4, 0.5) is 4.39 Å². The van der Waals surface area contributed by atoms with Crippen molar-refractivity contribution >= 4 is 5.91 Å². The Morgan fingerprint density at radius 3 is 2.86 bits per heavy atom. The Morgan fingerprint density at radius 1 is 1.48 bits per heavy atom. The molecule has 1 aliphatic heterocycles. The van der Waals surface area contributed by atoms with Crippen LogP contribution in [-0.2, 0) is 0 Å². The zero-order valence-corrected chi connectivity index (χ0v) is 12.2. The lowest BCUT2D eigenvalue weighted by Gasteiger charge is -2.30. The van der Waals surface area contributed by atoms with Gasteiger partial charge in [-0.15, -0.1) is 0 Å². The summed E-state index contributed by atoms with van der Waals surface area (Å²) in [6.07, 6.45) is 1.95. The van der Waals surface area contributed by atoms with E-state index in [9.17, 15) is 9.18 Å². The number of aryl methyl sites for hydroxylation is 1. The maximum atomic E-state index is 13.2. The number of amides is 1. The minimum atomic E-state index is -0.393. The van der Waals surface area contributed by atoms with Crippen LogP contribution in [0.25, 0.3) is 0 Å². The highest BCUT2D eigenvalue weighted by atomic mass is 19.1. The van der Waals surface area contributed by atoms with Crippen LogP contribution in [0.3, 0.4) is 0 Å². The normalized spacial score (nSPS) is 16.4. The number of piperidine rings is 1. The second-order valence-corrected chi connectivity index (χ2v) is 5.55. The van der Waals surface area contributed by atoms with Gasteiger partial charge in [-0.1, -0.05) is 6.07 Å². The minimum absolute atomic E-state index is 0.216. The van der Waals surface area contributed by atoms with Crippen molar-refractivity contribution < 1.29 is 9.18 Å². The Kier molecular flexibility index (Phi) is 5.29. The Morgan fingerprint density at radius 2 is 2.19 bits per heavy atom. The summed E-state index contributed by atoms with van der Waals surface area (Å²) in [5.74, 6) is -0.181. The summed E-state index contributed by atoms with van der Waals surface area (Å²) >= 11 is 0. The van der Waals surface area contributed by atoms with Gasteiger partial charge in [0.15, 0.2) is 0 Å². The molecular weight excluding hydrogens is 269 g/mol. The molecular formula is C16H20FN3O. The average Bonchev–Trinajstić information content (AvgIpc) is 2.49. The van der Waals surface area contributed by atoms with E-state index in [1.54, 1.807) is 13.0 Å². The Balaban J connectivity index is 1.82. The van der Waals surface area contributed by atoms with E-state index < -0.39 is 5.82 Å². The van der Waals surface area contributed by atoms with Crippen molar-refractivity contribution in [3.8, 4) is 6.07 Å². The molecule has 0 unspecified atom stereocenters. The second-order valence-electron chi connectivity index (χ2n) is 5.55. The van der Waals surface area contributed by atoms with Crippen LogP contribution in [0.5, 0.6) is 0 Å². The van der Waals surface area contributed by atoms with E-state index in [-0.39, 0.29) is 5.91 Å². The first kappa shape index (κ1) is 15.5. The van der Waals surface area contributed by atoms with E-state index >= 15 is 0 Å². The lowest BCUT2D eigenvalue weighted by Crippen LogP contribution is -2.38. The van der Waals surface area contributed by atoms with Gasteiger partial charge in [-0.25, -0.2) is 4.39 Å². The first-order valence-corrected chi connectivity index (χ1v) is 7.24. The molecule has 1 N–H and O–H groups in total. The molecule has 1 saturated heterocycles. The average molecular weight is 289 g/mol. The number of carbonyl (C=O) groups is 1. The van der Waals surface area contributed by atoms with Gasteiger partial charge in [0, 0.05) is 12.1 Å². The zero-order valence-electron chi connectivity index (χ0n) is 12.2. The summed E-state index contributed by atoms with van der Waals surface area (Å²) in [5, 5.41) is 11.6. The summed E-state index contributed by atoms with van der Waals surface area (Å²) in [6.45, 7) is 4.67. The standard InChI is InChI=1S/C16H20FN3O/c1-12-2-3-14(17)10-15(12)16(21)19-11-13-4-7-20(8-5-13)9-6-18/h2-3,10,13H,4-5,7-9,11H2,1H3,(H,19,21). The number of hydrogen-bond donors (Lipinski definition) is 1. The van der Waals surface area contributed by atoms with E-state index in [4.69, 9.17) is 5.26 Å². The minimum Gasteiger partial charge on any atom is -0.352 e. The van der Waals surface area contributed by atoms with E-state index in [0.29, 0.717) is 24.6 Å². The molecule has 1 amide bonds. The molecule has 0 saturated carbocycles. The monoisotopic (exact) mass is 289 g/mol. The van der Waals surface area contributed by atoms with Crippen LogP contribution >= 0.6 is 0 Å². The highest BCUT2D eigenvalue weighted by Gasteiger charge is 2.20. The third-order valence-corrected chi connectivity index (χ3v) is 4.00. The fraction of sp³-hybridized carbons (Fsp3) is 0.500. The molecule has 4 nitrogen and oxygen atoms in total. The van der Waals surface area contributed by atoms with Crippen LogP contribution in [0, 0.1) is 30.0 Å². The highest BCUT2D eigenvalue weighted by molar-refractivity contribution is 5.95. The van der Waals surface area contributed by atoms with Crippen LogP contribution < -0.4 is 5.32 Å². The van der Waals surface area contributed by atoms with Crippen molar-refractivity contribution in [3.05, 3.63) is 35.1 Å². The van der Waals surface area contributed by atoms with Gasteiger partial charge in [-0.3, -0.25) is 9.69 Å².